The molecule has 2 N–H and O–H groups in total. The van der Waals surface area contributed by atoms with Crippen molar-refractivity contribution in [1.82, 2.24) is 10.2 Å². The summed E-state index contributed by atoms with van der Waals surface area (Å²) >= 11 is 0. The minimum Gasteiger partial charge on any atom is -0.396 e. The molecule has 1 aliphatic heterocycles. The predicted octanol–water partition coefficient (Wildman–Crippen LogP) is 0.758. The highest BCUT2D eigenvalue weighted by Crippen LogP contribution is 2.15. The van der Waals surface area contributed by atoms with E-state index in [1.165, 1.54) is 5.56 Å². The second kappa shape index (κ2) is 5.98. The summed E-state index contributed by atoms with van der Waals surface area (Å²) in [6.07, 6.45) is 0.491. The third-order valence-corrected chi connectivity index (χ3v) is 3.27. The normalized spacial score (nSPS) is 24.9. The van der Waals surface area contributed by atoms with E-state index in [9.17, 15) is 4.79 Å². The summed E-state index contributed by atoms with van der Waals surface area (Å²) in [4.78, 5) is 14.1. The number of benzene rings is 1. The smallest absolute Gasteiger partial charge is 0.237 e. The average molecular weight is 248 g/mol. The van der Waals surface area contributed by atoms with Gasteiger partial charge in [0.25, 0.3) is 0 Å². The molecule has 4 nitrogen and oxygen atoms in total. The number of carbonyl (C=O) groups is 1. The van der Waals surface area contributed by atoms with Crippen LogP contribution in [0, 0.1) is 0 Å². The van der Waals surface area contributed by atoms with E-state index in [2.05, 4.69) is 22.3 Å². The first-order valence-electron chi connectivity index (χ1n) is 6.40. The quantitative estimate of drug-likeness (QED) is 0.827. The molecule has 1 amide bonds. The monoisotopic (exact) mass is 248 g/mol. The Balaban J connectivity index is 2.09. The van der Waals surface area contributed by atoms with Crippen LogP contribution in [0.25, 0.3) is 0 Å². The highest BCUT2D eigenvalue weighted by Gasteiger charge is 2.32. The molecular weight excluding hydrogens is 228 g/mol. The van der Waals surface area contributed by atoms with Crippen LogP contribution in [0.2, 0.25) is 0 Å². The Kier molecular flexibility index (Phi) is 4.33. The molecule has 0 aromatic heterocycles. The molecule has 1 aliphatic rings. The number of rotatable bonds is 4. The molecular formula is C14H20N2O2. The van der Waals surface area contributed by atoms with Crippen molar-refractivity contribution < 1.29 is 9.90 Å². The van der Waals surface area contributed by atoms with Crippen LogP contribution in [-0.2, 0) is 11.3 Å². The molecule has 1 fully saturated rings. The third kappa shape index (κ3) is 3.09. The molecule has 1 aromatic carbocycles. The molecule has 2 rings (SSSR count). The van der Waals surface area contributed by atoms with E-state index in [1.54, 1.807) is 0 Å². The second-order valence-electron chi connectivity index (χ2n) is 4.85. The number of aliphatic hydroxyl groups excluding tert-OH is 1. The summed E-state index contributed by atoms with van der Waals surface area (Å²) in [6.45, 7) is 3.62. The maximum atomic E-state index is 11.9. The van der Waals surface area contributed by atoms with E-state index in [-0.39, 0.29) is 24.6 Å². The highest BCUT2D eigenvalue weighted by atomic mass is 16.3. The average Bonchev–Trinajstić information content (AvgIpc) is 2.35. The van der Waals surface area contributed by atoms with Crippen LogP contribution in [-0.4, -0.2) is 41.1 Å². The lowest BCUT2D eigenvalue weighted by Gasteiger charge is -2.38. The second-order valence-corrected chi connectivity index (χ2v) is 4.85. The van der Waals surface area contributed by atoms with Crippen LogP contribution >= 0.6 is 0 Å². The standard InChI is InChI=1S/C14H20N2O2/c1-11-9-16(10-12-5-3-2-4-6-12)13(7-8-17)14(18)15-11/h2-6,11,13,17H,7-10H2,1H3,(H,15,18). The van der Waals surface area contributed by atoms with Gasteiger partial charge >= 0.3 is 0 Å². The lowest BCUT2D eigenvalue weighted by atomic mass is 10.0. The number of hydrogen-bond acceptors (Lipinski definition) is 3. The van der Waals surface area contributed by atoms with Crippen LogP contribution < -0.4 is 5.32 Å². The number of carbonyl (C=O) groups excluding carboxylic acids is 1. The summed E-state index contributed by atoms with van der Waals surface area (Å²) in [6, 6.07) is 10.1. The van der Waals surface area contributed by atoms with E-state index < -0.39 is 0 Å². The minimum atomic E-state index is -0.216. The van der Waals surface area contributed by atoms with Gasteiger partial charge in [0.2, 0.25) is 5.91 Å². The Morgan fingerprint density at radius 3 is 2.78 bits per heavy atom. The Morgan fingerprint density at radius 1 is 1.39 bits per heavy atom. The molecule has 0 radical (unpaired) electrons. The van der Waals surface area contributed by atoms with Gasteiger partial charge in [-0.3, -0.25) is 9.69 Å². The fourth-order valence-corrected chi connectivity index (χ4v) is 2.46. The highest BCUT2D eigenvalue weighted by molar-refractivity contribution is 5.82. The fraction of sp³-hybridized carbons (Fsp3) is 0.500. The molecule has 0 spiro atoms. The van der Waals surface area contributed by atoms with E-state index in [0.717, 1.165) is 13.1 Å². The molecule has 0 aliphatic carbocycles. The van der Waals surface area contributed by atoms with Gasteiger partial charge in [0, 0.05) is 25.7 Å². The Labute approximate surface area is 108 Å². The van der Waals surface area contributed by atoms with Gasteiger partial charge in [0.1, 0.15) is 0 Å². The molecule has 1 heterocycles. The number of amides is 1. The zero-order valence-electron chi connectivity index (χ0n) is 10.7. The van der Waals surface area contributed by atoms with Crippen molar-refractivity contribution >= 4 is 5.91 Å². The Morgan fingerprint density at radius 2 is 2.11 bits per heavy atom. The van der Waals surface area contributed by atoms with Crippen molar-refractivity contribution in [3.8, 4) is 0 Å². The summed E-state index contributed by atoms with van der Waals surface area (Å²) < 4.78 is 0. The minimum absolute atomic E-state index is 0.0266. The zero-order valence-corrected chi connectivity index (χ0v) is 10.7. The molecule has 0 saturated carbocycles. The SMILES string of the molecule is CC1CN(Cc2ccccc2)C(CCO)C(=O)N1. The maximum absolute atomic E-state index is 11.9. The number of hydrogen-bond donors (Lipinski definition) is 2. The third-order valence-electron chi connectivity index (χ3n) is 3.27. The molecule has 1 saturated heterocycles. The van der Waals surface area contributed by atoms with Crippen LogP contribution in [0.4, 0.5) is 0 Å². The van der Waals surface area contributed by atoms with E-state index >= 15 is 0 Å². The van der Waals surface area contributed by atoms with Crippen molar-refractivity contribution in [2.24, 2.45) is 0 Å². The molecule has 4 heteroatoms. The first kappa shape index (κ1) is 13.1. The summed E-state index contributed by atoms with van der Waals surface area (Å²) in [5.41, 5.74) is 1.20. The van der Waals surface area contributed by atoms with Gasteiger partial charge in [-0.1, -0.05) is 30.3 Å². The van der Waals surface area contributed by atoms with Gasteiger partial charge in [-0.2, -0.15) is 0 Å². The summed E-state index contributed by atoms with van der Waals surface area (Å²) in [5, 5.41) is 12.0. The van der Waals surface area contributed by atoms with Crippen LogP contribution in [0.15, 0.2) is 30.3 Å². The zero-order chi connectivity index (χ0) is 13.0. The van der Waals surface area contributed by atoms with Gasteiger partial charge in [0.15, 0.2) is 0 Å². The van der Waals surface area contributed by atoms with Crippen molar-refractivity contribution in [1.29, 1.82) is 0 Å². The molecule has 2 unspecified atom stereocenters. The van der Waals surface area contributed by atoms with Crippen LogP contribution in [0.1, 0.15) is 18.9 Å². The van der Waals surface area contributed by atoms with Gasteiger partial charge in [0.05, 0.1) is 6.04 Å². The number of piperazine rings is 1. The molecule has 2 atom stereocenters. The van der Waals surface area contributed by atoms with E-state index in [0.29, 0.717) is 6.42 Å². The van der Waals surface area contributed by atoms with Gasteiger partial charge in [-0.25, -0.2) is 0 Å². The molecule has 0 bridgehead atoms. The van der Waals surface area contributed by atoms with E-state index in [1.807, 2.05) is 25.1 Å². The Bertz CT molecular complexity index is 394. The van der Waals surface area contributed by atoms with Crippen molar-refractivity contribution in [2.45, 2.75) is 32.0 Å². The van der Waals surface area contributed by atoms with Crippen LogP contribution in [0.5, 0.6) is 0 Å². The van der Waals surface area contributed by atoms with E-state index in [4.69, 9.17) is 5.11 Å². The fourth-order valence-electron chi connectivity index (χ4n) is 2.46. The summed E-state index contributed by atoms with van der Waals surface area (Å²) in [5.74, 6) is 0.0266. The van der Waals surface area contributed by atoms with Gasteiger partial charge < -0.3 is 10.4 Å². The number of nitrogens with zero attached hydrogens (tertiary/aromatic N) is 1. The van der Waals surface area contributed by atoms with Gasteiger partial charge in [-0.15, -0.1) is 0 Å². The summed E-state index contributed by atoms with van der Waals surface area (Å²) in [7, 11) is 0. The predicted molar refractivity (Wildman–Crippen MR) is 69.9 cm³/mol. The lowest BCUT2D eigenvalue weighted by Crippen LogP contribution is -2.58. The van der Waals surface area contributed by atoms with Crippen LogP contribution in [0.3, 0.4) is 0 Å². The molecule has 18 heavy (non-hydrogen) atoms. The maximum Gasteiger partial charge on any atom is 0.237 e. The first-order chi connectivity index (χ1) is 8.70. The van der Waals surface area contributed by atoms with Crippen molar-refractivity contribution in [2.75, 3.05) is 13.2 Å². The first-order valence-corrected chi connectivity index (χ1v) is 6.40. The van der Waals surface area contributed by atoms with Gasteiger partial charge in [-0.05, 0) is 18.9 Å². The lowest BCUT2D eigenvalue weighted by molar-refractivity contribution is -0.131. The number of nitrogens with one attached hydrogen (secondary N) is 1. The van der Waals surface area contributed by atoms with Crippen molar-refractivity contribution in [3.05, 3.63) is 35.9 Å². The largest absolute Gasteiger partial charge is 0.396 e. The number of aliphatic hydroxyl groups is 1. The Hall–Kier alpha value is -1.39. The van der Waals surface area contributed by atoms with Crippen molar-refractivity contribution in [3.63, 3.8) is 0 Å². The molecule has 98 valence electrons. The molecule has 1 aromatic rings. The topological polar surface area (TPSA) is 52.6 Å².